The van der Waals surface area contributed by atoms with Crippen LogP contribution in [0.4, 0.5) is 0 Å². The number of ether oxygens (including phenoxy) is 1. The highest BCUT2D eigenvalue weighted by atomic mass is 35.5. The van der Waals surface area contributed by atoms with E-state index in [0.29, 0.717) is 35.3 Å². The molecule has 1 aromatic rings. The number of hydrogen-bond donors (Lipinski definition) is 0. The Hall–Kier alpha value is -1.02. The van der Waals surface area contributed by atoms with Crippen molar-refractivity contribution in [2.45, 2.75) is 39.5 Å². The SMILES string of the molecule is CCCC(=O)CC(C)Cc1ccc(OC)c(Cl)c1. The maximum Gasteiger partial charge on any atom is 0.137 e. The molecule has 0 aromatic heterocycles. The average molecular weight is 269 g/mol. The summed E-state index contributed by atoms with van der Waals surface area (Å²) in [4.78, 5) is 11.6. The van der Waals surface area contributed by atoms with Gasteiger partial charge in [-0.05, 0) is 36.5 Å². The molecule has 1 aromatic carbocycles. The lowest BCUT2D eigenvalue weighted by Crippen LogP contribution is -2.07. The lowest BCUT2D eigenvalue weighted by molar-refractivity contribution is -0.119. The number of carbonyl (C=O) groups is 1. The Morgan fingerprint density at radius 3 is 2.72 bits per heavy atom. The predicted octanol–water partition coefficient (Wildman–Crippen LogP) is 4.29. The molecule has 18 heavy (non-hydrogen) atoms. The zero-order valence-electron chi connectivity index (χ0n) is 11.3. The molecular formula is C15H21ClO2. The molecule has 0 bridgehead atoms. The third kappa shape index (κ3) is 4.69. The summed E-state index contributed by atoms with van der Waals surface area (Å²) in [6.07, 6.45) is 3.14. The molecular weight excluding hydrogens is 248 g/mol. The number of methoxy groups -OCH3 is 1. The summed E-state index contributed by atoms with van der Waals surface area (Å²) in [6, 6.07) is 5.80. The fourth-order valence-corrected chi connectivity index (χ4v) is 2.36. The zero-order chi connectivity index (χ0) is 13.5. The second kappa shape index (κ2) is 7.42. The van der Waals surface area contributed by atoms with E-state index in [2.05, 4.69) is 6.92 Å². The molecule has 0 spiro atoms. The molecule has 0 saturated heterocycles. The molecule has 0 heterocycles. The predicted molar refractivity (Wildman–Crippen MR) is 75.4 cm³/mol. The van der Waals surface area contributed by atoms with Crippen molar-refractivity contribution in [1.82, 2.24) is 0 Å². The molecule has 2 nitrogen and oxygen atoms in total. The van der Waals surface area contributed by atoms with Crippen LogP contribution in [0.25, 0.3) is 0 Å². The Balaban J connectivity index is 2.56. The van der Waals surface area contributed by atoms with Gasteiger partial charge in [-0.25, -0.2) is 0 Å². The van der Waals surface area contributed by atoms with Crippen LogP contribution in [0, 0.1) is 5.92 Å². The molecule has 0 fully saturated rings. The van der Waals surface area contributed by atoms with E-state index in [0.717, 1.165) is 18.4 Å². The maximum absolute atomic E-state index is 11.6. The van der Waals surface area contributed by atoms with Crippen LogP contribution in [0.15, 0.2) is 18.2 Å². The quantitative estimate of drug-likeness (QED) is 0.737. The van der Waals surface area contributed by atoms with Gasteiger partial charge in [0, 0.05) is 12.8 Å². The van der Waals surface area contributed by atoms with Gasteiger partial charge in [-0.2, -0.15) is 0 Å². The number of carbonyl (C=O) groups excluding carboxylic acids is 1. The summed E-state index contributed by atoms with van der Waals surface area (Å²) in [6.45, 7) is 4.14. The topological polar surface area (TPSA) is 26.3 Å². The fraction of sp³-hybridized carbons (Fsp3) is 0.533. The monoisotopic (exact) mass is 268 g/mol. The van der Waals surface area contributed by atoms with Gasteiger partial charge >= 0.3 is 0 Å². The van der Waals surface area contributed by atoms with Crippen LogP contribution >= 0.6 is 11.6 Å². The third-order valence-corrected chi connectivity index (χ3v) is 3.20. The molecule has 0 saturated carbocycles. The minimum Gasteiger partial charge on any atom is -0.495 e. The molecule has 1 unspecified atom stereocenters. The van der Waals surface area contributed by atoms with Crippen molar-refractivity contribution >= 4 is 17.4 Å². The summed E-state index contributed by atoms with van der Waals surface area (Å²) in [5.41, 5.74) is 1.15. The van der Waals surface area contributed by atoms with Crippen LogP contribution in [0.2, 0.25) is 5.02 Å². The average Bonchev–Trinajstić information content (AvgIpc) is 2.29. The van der Waals surface area contributed by atoms with Crippen molar-refractivity contribution in [3.05, 3.63) is 28.8 Å². The van der Waals surface area contributed by atoms with Crippen molar-refractivity contribution in [2.24, 2.45) is 5.92 Å². The Morgan fingerprint density at radius 1 is 1.44 bits per heavy atom. The van der Waals surface area contributed by atoms with Crippen LogP contribution in [0.5, 0.6) is 5.75 Å². The maximum atomic E-state index is 11.6. The summed E-state index contributed by atoms with van der Waals surface area (Å²) >= 11 is 6.08. The summed E-state index contributed by atoms with van der Waals surface area (Å²) in [5, 5.41) is 0.627. The third-order valence-electron chi connectivity index (χ3n) is 2.91. The van der Waals surface area contributed by atoms with Crippen LogP contribution in [-0.2, 0) is 11.2 Å². The molecule has 100 valence electrons. The minimum atomic E-state index is 0.351. The molecule has 0 aliphatic heterocycles. The number of halogens is 1. The van der Waals surface area contributed by atoms with E-state index in [1.165, 1.54) is 0 Å². The Kier molecular flexibility index (Phi) is 6.20. The van der Waals surface area contributed by atoms with E-state index in [-0.39, 0.29) is 0 Å². The van der Waals surface area contributed by atoms with Gasteiger partial charge in [0.25, 0.3) is 0 Å². The normalized spacial score (nSPS) is 12.2. The molecule has 0 amide bonds. The molecule has 3 heteroatoms. The van der Waals surface area contributed by atoms with Crippen molar-refractivity contribution in [3.8, 4) is 5.75 Å². The van der Waals surface area contributed by atoms with E-state index >= 15 is 0 Å². The van der Waals surface area contributed by atoms with Crippen molar-refractivity contribution in [1.29, 1.82) is 0 Å². The second-order valence-electron chi connectivity index (χ2n) is 4.77. The number of Topliss-reactive ketones (excluding diaryl/α,β-unsaturated/α-hetero) is 1. The number of benzene rings is 1. The van der Waals surface area contributed by atoms with Crippen molar-refractivity contribution in [2.75, 3.05) is 7.11 Å². The van der Waals surface area contributed by atoms with Gasteiger partial charge in [0.1, 0.15) is 11.5 Å². The highest BCUT2D eigenvalue weighted by molar-refractivity contribution is 6.32. The smallest absolute Gasteiger partial charge is 0.137 e. The number of rotatable bonds is 7. The van der Waals surface area contributed by atoms with Crippen LogP contribution < -0.4 is 4.74 Å². The first-order valence-corrected chi connectivity index (χ1v) is 6.78. The largest absolute Gasteiger partial charge is 0.495 e. The van der Waals surface area contributed by atoms with Gasteiger partial charge in [0.2, 0.25) is 0 Å². The van der Waals surface area contributed by atoms with Crippen molar-refractivity contribution < 1.29 is 9.53 Å². The van der Waals surface area contributed by atoms with E-state index < -0.39 is 0 Å². The Labute approximate surface area is 114 Å². The summed E-state index contributed by atoms with van der Waals surface area (Å²) in [7, 11) is 1.60. The number of hydrogen-bond acceptors (Lipinski definition) is 2. The summed E-state index contributed by atoms with van der Waals surface area (Å²) < 4.78 is 5.12. The van der Waals surface area contributed by atoms with E-state index in [1.807, 2.05) is 25.1 Å². The highest BCUT2D eigenvalue weighted by Gasteiger charge is 2.10. The second-order valence-corrected chi connectivity index (χ2v) is 5.18. The van der Waals surface area contributed by atoms with Gasteiger partial charge in [-0.15, -0.1) is 0 Å². The van der Waals surface area contributed by atoms with Crippen LogP contribution in [-0.4, -0.2) is 12.9 Å². The summed E-state index contributed by atoms with van der Waals surface area (Å²) in [5.74, 6) is 1.40. The molecule has 0 radical (unpaired) electrons. The molecule has 0 aliphatic carbocycles. The fourth-order valence-electron chi connectivity index (χ4n) is 2.08. The first kappa shape index (κ1) is 15.0. The Bertz CT molecular complexity index is 401. The first-order valence-electron chi connectivity index (χ1n) is 6.41. The Morgan fingerprint density at radius 2 is 2.17 bits per heavy atom. The standard InChI is InChI=1S/C15H21ClO2/c1-4-5-13(17)9-11(2)8-12-6-7-15(18-3)14(16)10-12/h6-7,10-11H,4-5,8-9H2,1-3H3. The highest BCUT2D eigenvalue weighted by Crippen LogP contribution is 2.26. The van der Waals surface area contributed by atoms with Crippen LogP contribution in [0.3, 0.4) is 0 Å². The molecule has 0 N–H and O–H groups in total. The van der Waals surface area contributed by atoms with E-state index in [9.17, 15) is 4.79 Å². The van der Waals surface area contributed by atoms with Gasteiger partial charge in [-0.3, -0.25) is 4.79 Å². The zero-order valence-corrected chi connectivity index (χ0v) is 12.1. The molecule has 0 aliphatic rings. The molecule has 1 rings (SSSR count). The van der Waals surface area contributed by atoms with Gasteiger partial charge < -0.3 is 4.74 Å². The minimum absolute atomic E-state index is 0.351. The first-order chi connectivity index (χ1) is 8.56. The van der Waals surface area contributed by atoms with E-state index in [1.54, 1.807) is 7.11 Å². The van der Waals surface area contributed by atoms with Crippen molar-refractivity contribution in [3.63, 3.8) is 0 Å². The van der Waals surface area contributed by atoms with Gasteiger partial charge in [-0.1, -0.05) is 31.5 Å². The van der Waals surface area contributed by atoms with Gasteiger partial charge in [0.05, 0.1) is 12.1 Å². The lowest BCUT2D eigenvalue weighted by atomic mass is 9.95. The molecule has 1 atom stereocenters. The number of ketones is 1. The van der Waals surface area contributed by atoms with Crippen LogP contribution in [0.1, 0.15) is 38.7 Å². The van der Waals surface area contributed by atoms with Gasteiger partial charge in [0.15, 0.2) is 0 Å². The van der Waals surface area contributed by atoms with E-state index in [4.69, 9.17) is 16.3 Å². The lowest BCUT2D eigenvalue weighted by Gasteiger charge is -2.11.